The Morgan fingerprint density at radius 2 is 2.00 bits per heavy atom. The molecule has 0 spiro atoms. The van der Waals surface area contributed by atoms with Crippen molar-refractivity contribution >= 4 is 5.91 Å². The number of rotatable bonds is 6. The topological polar surface area (TPSA) is 49.8 Å². The molecule has 1 rings (SSSR count). The first-order valence-electron chi connectivity index (χ1n) is 6.18. The van der Waals surface area contributed by atoms with Crippen molar-refractivity contribution in [2.24, 2.45) is 0 Å². The molecule has 0 saturated carbocycles. The van der Waals surface area contributed by atoms with Crippen LogP contribution in [0.4, 0.5) is 8.78 Å². The summed E-state index contributed by atoms with van der Waals surface area (Å²) in [5, 5.41) is 9.66. The number of nitrogens with zero attached hydrogens (tertiary/aromatic N) is 1. The van der Waals surface area contributed by atoms with Crippen molar-refractivity contribution in [3.05, 3.63) is 29.8 Å². The van der Waals surface area contributed by atoms with E-state index in [0.29, 0.717) is 5.56 Å². The van der Waals surface area contributed by atoms with Crippen molar-refractivity contribution < 1.29 is 23.4 Å². The summed E-state index contributed by atoms with van der Waals surface area (Å²) in [5.74, 6) is -0.287. The highest BCUT2D eigenvalue weighted by atomic mass is 19.3. The highest BCUT2D eigenvalue weighted by Gasteiger charge is 2.20. The van der Waals surface area contributed by atoms with Crippen LogP contribution < -0.4 is 4.74 Å². The van der Waals surface area contributed by atoms with E-state index in [0.717, 1.165) is 0 Å². The van der Waals surface area contributed by atoms with Gasteiger partial charge in [0.15, 0.2) is 0 Å². The smallest absolute Gasteiger partial charge is 0.387 e. The lowest BCUT2D eigenvalue weighted by molar-refractivity contribution is -0.131. The number of halogens is 2. The first kappa shape index (κ1) is 16.4. The lowest BCUT2D eigenvalue weighted by atomic mass is 10.1. The molecule has 112 valence electrons. The molecule has 0 fully saturated rings. The van der Waals surface area contributed by atoms with Crippen LogP contribution in [0, 0.1) is 0 Å². The fourth-order valence-electron chi connectivity index (χ4n) is 1.83. The van der Waals surface area contributed by atoms with Crippen molar-refractivity contribution in [3.63, 3.8) is 0 Å². The molecular formula is C14H19F2NO3. The van der Waals surface area contributed by atoms with E-state index in [1.54, 1.807) is 39.1 Å². The second kappa shape index (κ2) is 6.65. The Labute approximate surface area is 117 Å². The van der Waals surface area contributed by atoms with Gasteiger partial charge in [-0.2, -0.15) is 8.78 Å². The molecule has 6 heteroatoms. The molecule has 0 aliphatic rings. The first-order valence-corrected chi connectivity index (χ1v) is 6.18. The number of amides is 1. The van der Waals surface area contributed by atoms with E-state index in [1.165, 1.54) is 11.0 Å². The van der Waals surface area contributed by atoms with E-state index in [-0.39, 0.29) is 24.6 Å². The molecule has 0 heterocycles. The third-order valence-electron chi connectivity index (χ3n) is 2.58. The number of aliphatic hydroxyl groups is 1. The summed E-state index contributed by atoms with van der Waals surface area (Å²) < 4.78 is 28.9. The van der Waals surface area contributed by atoms with Gasteiger partial charge in [-0.05, 0) is 19.9 Å². The Morgan fingerprint density at radius 1 is 1.40 bits per heavy atom. The van der Waals surface area contributed by atoms with E-state index in [9.17, 15) is 18.7 Å². The maximum absolute atomic E-state index is 12.3. The van der Waals surface area contributed by atoms with Crippen molar-refractivity contribution in [1.82, 2.24) is 4.90 Å². The largest absolute Gasteiger partial charge is 0.435 e. The Bertz CT molecular complexity index is 458. The molecule has 0 radical (unpaired) electrons. The fraction of sp³-hybridized carbons (Fsp3) is 0.500. The molecule has 0 unspecified atom stereocenters. The summed E-state index contributed by atoms with van der Waals surface area (Å²) in [4.78, 5) is 13.4. The average molecular weight is 287 g/mol. The molecule has 1 aromatic rings. The molecule has 1 amide bonds. The number of likely N-dealkylation sites (N-methyl/N-ethyl adjacent to an activating group) is 1. The monoisotopic (exact) mass is 287 g/mol. The van der Waals surface area contributed by atoms with Crippen molar-refractivity contribution in [2.75, 3.05) is 13.6 Å². The number of ether oxygens (including phenoxy) is 1. The van der Waals surface area contributed by atoms with Crippen LogP contribution in [0.25, 0.3) is 0 Å². The van der Waals surface area contributed by atoms with Gasteiger partial charge < -0.3 is 14.7 Å². The van der Waals surface area contributed by atoms with Gasteiger partial charge in [0.25, 0.3) is 0 Å². The van der Waals surface area contributed by atoms with Gasteiger partial charge >= 0.3 is 6.61 Å². The van der Waals surface area contributed by atoms with E-state index in [4.69, 9.17) is 0 Å². The molecule has 0 bridgehead atoms. The lowest BCUT2D eigenvalue weighted by Crippen LogP contribution is -2.40. The van der Waals surface area contributed by atoms with Crippen LogP contribution in [0.15, 0.2) is 24.3 Å². The molecule has 0 saturated heterocycles. The molecule has 1 aromatic carbocycles. The zero-order valence-corrected chi connectivity index (χ0v) is 11.8. The van der Waals surface area contributed by atoms with E-state index in [2.05, 4.69) is 4.74 Å². The minimum absolute atomic E-state index is 0.00694. The van der Waals surface area contributed by atoms with E-state index in [1.807, 2.05) is 0 Å². The Hall–Kier alpha value is -1.69. The quantitative estimate of drug-likeness (QED) is 0.871. The van der Waals surface area contributed by atoms with Crippen LogP contribution in [0.1, 0.15) is 19.4 Å². The molecule has 4 nitrogen and oxygen atoms in total. The van der Waals surface area contributed by atoms with Crippen LogP contribution in [-0.4, -0.2) is 41.7 Å². The molecule has 20 heavy (non-hydrogen) atoms. The minimum Gasteiger partial charge on any atom is -0.435 e. The van der Waals surface area contributed by atoms with Crippen LogP contribution in [0.2, 0.25) is 0 Å². The Kier molecular flexibility index (Phi) is 5.44. The molecule has 0 atom stereocenters. The summed E-state index contributed by atoms with van der Waals surface area (Å²) in [6.45, 7) is 0.402. The number of hydrogen-bond acceptors (Lipinski definition) is 3. The molecule has 0 aliphatic heterocycles. The first-order chi connectivity index (χ1) is 9.19. The molecule has 1 N–H and O–H groups in total. The van der Waals surface area contributed by atoms with Gasteiger partial charge in [-0.1, -0.05) is 18.2 Å². The van der Waals surface area contributed by atoms with Crippen LogP contribution in [0.5, 0.6) is 5.75 Å². The van der Waals surface area contributed by atoms with Crippen molar-refractivity contribution in [3.8, 4) is 5.75 Å². The Balaban J connectivity index is 2.75. The zero-order valence-electron chi connectivity index (χ0n) is 11.8. The van der Waals surface area contributed by atoms with Crippen molar-refractivity contribution in [2.45, 2.75) is 32.5 Å². The third-order valence-corrected chi connectivity index (χ3v) is 2.58. The summed E-state index contributed by atoms with van der Waals surface area (Å²) in [6, 6.07) is 6.17. The molecule has 0 aromatic heterocycles. The predicted octanol–water partition coefficient (Wildman–Crippen LogP) is 2.06. The summed E-state index contributed by atoms with van der Waals surface area (Å²) in [5.41, 5.74) is -0.621. The normalized spacial score (nSPS) is 11.6. The number of benzene rings is 1. The predicted molar refractivity (Wildman–Crippen MR) is 70.7 cm³/mol. The zero-order chi connectivity index (χ0) is 15.3. The van der Waals surface area contributed by atoms with Crippen LogP contribution in [0.3, 0.4) is 0 Å². The Morgan fingerprint density at radius 3 is 2.55 bits per heavy atom. The number of carbonyl (C=O) groups is 1. The second-order valence-electron chi connectivity index (χ2n) is 5.23. The van der Waals surface area contributed by atoms with Gasteiger partial charge in [0.2, 0.25) is 5.91 Å². The lowest BCUT2D eigenvalue weighted by Gasteiger charge is -2.25. The highest BCUT2D eigenvalue weighted by molar-refractivity contribution is 5.79. The van der Waals surface area contributed by atoms with Crippen molar-refractivity contribution in [1.29, 1.82) is 0 Å². The van der Waals surface area contributed by atoms with Crippen LogP contribution >= 0.6 is 0 Å². The van der Waals surface area contributed by atoms with E-state index >= 15 is 0 Å². The molecular weight excluding hydrogens is 268 g/mol. The number of alkyl halides is 2. The fourth-order valence-corrected chi connectivity index (χ4v) is 1.83. The summed E-state index contributed by atoms with van der Waals surface area (Å²) >= 11 is 0. The van der Waals surface area contributed by atoms with Crippen LogP contribution in [-0.2, 0) is 11.2 Å². The minimum atomic E-state index is -2.93. The van der Waals surface area contributed by atoms with Gasteiger partial charge in [-0.25, -0.2) is 0 Å². The maximum atomic E-state index is 12.3. The van der Waals surface area contributed by atoms with Gasteiger partial charge in [0, 0.05) is 19.2 Å². The van der Waals surface area contributed by atoms with Gasteiger partial charge in [-0.3, -0.25) is 4.79 Å². The van der Waals surface area contributed by atoms with Gasteiger partial charge in [0.05, 0.1) is 12.0 Å². The maximum Gasteiger partial charge on any atom is 0.387 e. The van der Waals surface area contributed by atoms with Gasteiger partial charge in [0.1, 0.15) is 5.75 Å². The van der Waals surface area contributed by atoms with E-state index < -0.39 is 12.2 Å². The summed E-state index contributed by atoms with van der Waals surface area (Å²) in [7, 11) is 1.55. The third kappa shape index (κ3) is 5.52. The second-order valence-corrected chi connectivity index (χ2v) is 5.23. The summed E-state index contributed by atoms with van der Waals surface area (Å²) in [6.07, 6.45) is -0.0600. The average Bonchev–Trinajstić information content (AvgIpc) is 2.28. The number of para-hydroxylation sites is 1. The number of hydrogen-bond donors (Lipinski definition) is 1. The highest BCUT2D eigenvalue weighted by Crippen LogP contribution is 2.21. The van der Waals surface area contributed by atoms with Gasteiger partial charge in [-0.15, -0.1) is 0 Å². The molecule has 0 aliphatic carbocycles. The SMILES string of the molecule is CN(CC(C)(C)O)C(=O)Cc1ccccc1OC(F)F. The number of carbonyl (C=O) groups excluding carboxylic acids is 1. The standard InChI is InChI=1S/C14H19F2NO3/c1-14(2,19)9-17(3)12(18)8-10-6-4-5-7-11(10)20-13(15)16/h4-7,13,19H,8-9H2,1-3H3.